The Morgan fingerprint density at radius 1 is 1.32 bits per heavy atom. The molecule has 3 heterocycles. The van der Waals surface area contributed by atoms with Crippen LogP contribution < -0.4 is 4.90 Å². The monoisotopic (exact) mass is 397 g/mol. The standard InChI is InChI=1S/C16H17BrN2OS2/c17-15-3-1-14(22-15)2-4-16(20)19-8-6-18(7-9-19)11-13-5-10-21-12-13/h1-5,10,12H,6-9,11H2/p+1/b4-2+. The van der Waals surface area contributed by atoms with Crippen LogP contribution in [0.15, 0.2) is 38.8 Å². The largest absolute Gasteiger partial charge is 0.328 e. The number of nitrogens with one attached hydrogen (secondary N) is 1. The summed E-state index contributed by atoms with van der Waals surface area (Å²) in [4.78, 5) is 16.8. The van der Waals surface area contributed by atoms with Crippen molar-refractivity contribution in [3.63, 3.8) is 0 Å². The van der Waals surface area contributed by atoms with E-state index >= 15 is 0 Å². The molecule has 22 heavy (non-hydrogen) atoms. The predicted molar refractivity (Wildman–Crippen MR) is 96.4 cm³/mol. The molecule has 1 saturated heterocycles. The van der Waals surface area contributed by atoms with Gasteiger partial charge in [-0.2, -0.15) is 11.3 Å². The first-order valence-corrected chi connectivity index (χ1v) is 9.83. The minimum atomic E-state index is 0.124. The summed E-state index contributed by atoms with van der Waals surface area (Å²) in [7, 11) is 0. The van der Waals surface area contributed by atoms with Crippen LogP contribution in [0.5, 0.6) is 0 Å². The van der Waals surface area contributed by atoms with Crippen molar-refractivity contribution < 1.29 is 9.69 Å². The third-order valence-corrected chi connectivity index (χ3v) is 6.12. The second-order valence-corrected chi connectivity index (χ2v) is 8.63. The Morgan fingerprint density at radius 3 is 2.77 bits per heavy atom. The van der Waals surface area contributed by atoms with E-state index in [2.05, 4.69) is 32.8 Å². The molecule has 2 aromatic rings. The summed E-state index contributed by atoms with van der Waals surface area (Å²) >= 11 is 6.82. The van der Waals surface area contributed by atoms with E-state index in [0.717, 1.165) is 41.4 Å². The highest BCUT2D eigenvalue weighted by molar-refractivity contribution is 9.11. The molecule has 0 radical (unpaired) electrons. The van der Waals surface area contributed by atoms with Gasteiger partial charge in [0.1, 0.15) is 6.54 Å². The fourth-order valence-electron chi connectivity index (χ4n) is 2.58. The minimum Gasteiger partial charge on any atom is -0.328 e. The van der Waals surface area contributed by atoms with Crippen molar-refractivity contribution in [1.82, 2.24) is 4.90 Å². The van der Waals surface area contributed by atoms with E-state index in [1.807, 2.05) is 23.1 Å². The predicted octanol–water partition coefficient (Wildman–Crippen LogP) is 2.51. The van der Waals surface area contributed by atoms with Gasteiger partial charge in [-0.15, -0.1) is 11.3 Å². The van der Waals surface area contributed by atoms with Crippen molar-refractivity contribution >= 4 is 50.6 Å². The molecule has 0 unspecified atom stereocenters. The summed E-state index contributed by atoms with van der Waals surface area (Å²) in [6.07, 6.45) is 3.60. The second kappa shape index (κ2) is 7.55. The molecule has 1 amide bonds. The molecular weight excluding hydrogens is 380 g/mol. The molecule has 3 nitrogen and oxygen atoms in total. The Balaban J connectivity index is 1.48. The van der Waals surface area contributed by atoms with Crippen molar-refractivity contribution in [2.24, 2.45) is 0 Å². The zero-order chi connectivity index (χ0) is 15.4. The van der Waals surface area contributed by atoms with Gasteiger partial charge in [-0.1, -0.05) is 0 Å². The van der Waals surface area contributed by atoms with Crippen molar-refractivity contribution in [1.29, 1.82) is 0 Å². The minimum absolute atomic E-state index is 0.124. The number of hydrogen-bond donors (Lipinski definition) is 1. The Bertz CT molecular complexity index is 643. The molecule has 0 aliphatic carbocycles. The normalized spacial score (nSPS) is 16.5. The Hall–Kier alpha value is -0.950. The van der Waals surface area contributed by atoms with Crippen molar-refractivity contribution in [2.45, 2.75) is 6.54 Å². The van der Waals surface area contributed by atoms with Gasteiger partial charge in [-0.25, -0.2) is 0 Å². The van der Waals surface area contributed by atoms with Crippen LogP contribution in [0.1, 0.15) is 10.4 Å². The van der Waals surface area contributed by atoms with Gasteiger partial charge in [0, 0.05) is 16.5 Å². The maximum atomic E-state index is 12.2. The van der Waals surface area contributed by atoms with E-state index < -0.39 is 0 Å². The third-order valence-electron chi connectivity index (χ3n) is 3.80. The van der Waals surface area contributed by atoms with Crippen LogP contribution in [-0.4, -0.2) is 37.0 Å². The SMILES string of the molecule is O=C(/C=C/c1ccc(Br)s1)N1CC[NH+](Cc2ccsc2)CC1. The number of carbonyl (C=O) groups excluding carboxylic acids is 1. The quantitative estimate of drug-likeness (QED) is 0.787. The molecule has 1 aliphatic rings. The first kappa shape index (κ1) is 15.9. The van der Waals surface area contributed by atoms with Gasteiger partial charge in [-0.3, -0.25) is 4.79 Å². The highest BCUT2D eigenvalue weighted by Crippen LogP contribution is 2.23. The molecule has 6 heteroatoms. The molecular formula is C16H18BrN2OS2+. The van der Waals surface area contributed by atoms with Gasteiger partial charge in [0.2, 0.25) is 5.91 Å². The third kappa shape index (κ3) is 4.29. The Morgan fingerprint density at radius 2 is 2.14 bits per heavy atom. The van der Waals surface area contributed by atoms with E-state index in [-0.39, 0.29) is 5.91 Å². The molecule has 0 atom stereocenters. The maximum Gasteiger partial charge on any atom is 0.247 e. The number of carbonyl (C=O) groups is 1. The second-order valence-electron chi connectivity index (χ2n) is 5.36. The number of thiophene rings is 2. The van der Waals surface area contributed by atoms with E-state index in [9.17, 15) is 4.79 Å². The maximum absolute atomic E-state index is 12.2. The van der Waals surface area contributed by atoms with Crippen molar-refractivity contribution in [3.05, 3.63) is 49.3 Å². The van der Waals surface area contributed by atoms with Gasteiger partial charge in [0.15, 0.2) is 0 Å². The molecule has 0 saturated carbocycles. The lowest BCUT2D eigenvalue weighted by Crippen LogP contribution is -3.13. The molecule has 2 aromatic heterocycles. The smallest absolute Gasteiger partial charge is 0.247 e. The molecule has 3 rings (SSSR count). The molecule has 116 valence electrons. The summed E-state index contributed by atoms with van der Waals surface area (Å²) in [6.45, 7) is 4.82. The summed E-state index contributed by atoms with van der Waals surface area (Å²) < 4.78 is 1.09. The van der Waals surface area contributed by atoms with Crippen LogP contribution in [0.4, 0.5) is 0 Å². The summed E-state index contributed by atoms with van der Waals surface area (Å²) in [5, 5.41) is 4.34. The lowest BCUT2D eigenvalue weighted by atomic mass is 10.2. The van der Waals surface area contributed by atoms with Crippen LogP contribution in [0, 0.1) is 0 Å². The molecule has 1 aliphatic heterocycles. The number of amides is 1. The van der Waals surface area contributed by atoms with Crippen LogP contribution in [0.2, 0.25) is 0 Å². The Labute approximate surface area is 147 Å². The molecule has 0 bridgehead atoms. The zero-order valence-corrected chi connectivity index (χ0v) is 15.3. The number of piperazine rings is 1. The van der Waals surface area contributed by atoms with Crippen molar-refractivity contribution in [3.8, 4) is 0 Å². The lowest BCUT2D eigenvalue weighted by molar-refractivity contribution is -0.917. The lowest BCUT2D eigenvalue weighted by Gasteiger charge is -2.31. The molecule has 0 aromatic carbocycles. The van der Waals surface area contributed by atoms with Crippen LogP contribution in [-0.2, 0) is 11.3 Å². The fraction of sp³-hybridized carbons (Fsp3) is 0.312. The fourth-order valence-corrected chi connectivity index (χ4v) is 4.57. The molecule has 1 N–H and O–H groups in total. The average molecular weight is 398 g/mol. The first-order valence-electron chi connectivity index (χ1n) is 7.28. The number of rotatable bonds is 4. The summed E-state index contributed by atoms with van der Waals surface area (Å²) in [6, 6.07) is 6.21. The van der Waals surface area contributed by atoms with Gasteiger partial charge in [0.05, 0.1) is 30.0 Å². The molecule has 1 fully saturated rings. The van der Waals surface area contributed by atoms with Gasteiger partial charge >= 0.3 is 0 Å². The number of nitrogens with zero attached hydrogens (tertiary/aromatic N) is 1. The average Bonchev–Trinajstić information content (AvgIpc) is 3.17. The zero-order valence-electron chi connectivity index (χ0n) is 12.1. The van der Waals surface area contributed by atoms with Crippen LogP contribution in [0.25, 0.3) is 6.08 Å². The number of halogens is 1. The highest BCUT2D eigenvalue weighted by atomic mass is 79.9. The van der Waals surface area contributed by atoms with Gasteiger partial charge in [0.25, 0.3) is 0 Å². The first-order chi connectivity index (χ1) is 10.7. The van der Waals surface area contributed by atoms with E-state index in [4.69, 9.17) is 0 Å². The van der Waals surface area contributed by atoms with E-state index in [1.165, 1.54) is 5.56 Å². The van der Waals surface area contributed by atoms with Gasteiger partial charge < -0.3 is 9.80 Å². The Kier molecular flexibility index (Phi) is 5.46. The summed E-state index contributed by atoms with van der Waals surface area (Å²) in [5.41, 5.74) is 1.41. The van der Waals surface area contributed by atoms with E-state index in [0.29, 0.717) is 0 Å². The van der Waals surface area contributed by atoms with Gasteiger partial charge in [-0.05, 0) is 51.0 Å². The molecule has 0 spiro atoms. The van der Waals surface area contributed by atoms with Crippen molar-refractivity contribution in [2.75, 3.05) is 26.2 Å². The van der Waals surface area contributed by atoms with E-state index in [1.54, 1.807) is 33.6 Å². The number of hydrogen-bond acceptors (Lipinski definition) is 3. The van der Waals surface area contributed by atoms with Crippen LogP contribution >= 0.6 is 38.6 Å². The summed E-state index contributed by atoms with van der Waals surface area (Å²) in [5.74, 6) is 0.124. The highest BCUT2D eigenvalue weighted by Gasteiger charge is 2.22. The topological polar surface area (TPSA) is 24.8 Å². The van der Waals surface area contributed by atoms with Crippen LogP contribution in [0.3, 0.4) is 0 Å². The number of quaternary nitrogens is 1.